The zero-order chi connectivity index (χ0) is 51.1. The van der Waals surface area contributed by atoms with E-state index in [4.69, 9.17) is 0 Å². The molecule has 0 aliphatic carbocycles. The summed E-state index contributed by atoms with van der Waals surface area (Å²) in [6, 6.07) is 49.6. The van der Waals surface area contributed by atoms with E-state index in [1.807, 2.05) is 21.3 Å². The van der Waals surface area contributed by atoms with Crippen molar-refractivity contribution in [1.82, 2.24) is 9.13 Å². The highest BCUT2D eigenvalue weighted by molar-refractivity contribution is 6.12. The highest BCUT2D eigenvalue weighted by atomic mass is 19.2. The average molecular weight is 999 g/mol. The molecule has 0 atom stereocenters. The van der Waals surface area contributed by atoms with E-state index in [0.717, 1.165) is 9.80 Å². The van der Waals surface area contributed by atoms with Crippen molar-refractivity contribution >= 4 is 77.7 Å². The summed E-state index contributed by atoms with van der Waals surface area (Å²) in [5, 5.41) is 2.32. The van der Waals surface area contributed by atoms with E-state index >= 15 is 35.1 Å². The van der Waals surface area contributed by atoms with E-state index in [2.05, 4.69) is 0 Å². The third-order valence-electron chi connectivity index (χ3n) is 13.2. The van der Waals surface area contributed by atoms with Gasteiger partial charge in [-0.05, 0) is 121 Å². The van der Waals surface area contributed by atoms with Gasteiger partial charge >= 0.3 is 0 Å². The Balaban J connectivity index is 1.02. The Kier molecular flexibility index (Phi) is 11.0. The van der Waals surface area contributed by atoms with Gasteiger partial charge in [-0.3, -0.25) is 0 Å². The second kappa shape index (κ2) is 17.8. The molecule has 0 radical (unpaired) electrons. The van der Waals surface area contributed by atoms with E-state index < -0.39 is 80.7 Å². The highest BCUT2D eigenvalue weighted by Gasteiger charge is 2.38. The minimum atomic E-state index is -2.35. The second-order valence-electron chi connectivity index (χ2n) is 17.4. The minimum absolute atomic E-state index is 0.00325. The molecule has 0 bridgehead atoms. The average Bonchev–Trinajstić information content (AvgIpc) is 3.96. The molecule has 362 valence electrons. The van der Waals surface area contributed by atoms with E-state index in [-0.39, 0.29) is 22.7 Å². The first-order valence-electron chi connectivity index (χ1n) is 22.9. The fraction of sp³-hybridized carbons (Fsp3) is 0. The molecule has 12 aromatic rings. The summed E-state index contributed by atoms with van der Waals surface area (Å²) in [6.07, 6.45) is 0. The van der Waals surface area contributed by atoms with Crippen molar-refractivity contribution in [3.63, 3.8) is 0 Å². The van der Waals surface area contributed by atoms with Gasteiger partial charge in [-0.2, -0.15) is 0 Å². The van der Waals surface area contributed by atoms with Gasteiger partial charge in [-0.1, -0.05) is 72.8 Å². The zero-order valence-electron chi connectivity index (χ0n) is 38.0. The summed E-state index contributed by atoms with van der Waals surface area (Å²) in [5.41, 5.74) is -3.15. The van der Waals surface area contributed by atoms with Gasteiger partial charge in [0, 0.05) is 55.7 Å². The standard InChI is InChI=1S/C60H32F10N4/c61-33-19-23-37(24-20-33)73-45-17-9-7-15-41(45)43-31-39(27-29-47(43)73)71(35-11-3-1-4-12-35)59-55(67)51(63)49(52(64)56(59)68)50-53(65)57(69)60(58(70)54(50)66)72(36-13-5-2-6-14-36)40-28-30-48-44(32-40)42-16-8-10-18-46(42)74(48)38-25-21-34(62)22-26-38/h1-32H. The van der Waals surface area contributed by atoms with Gasteiger partial charge in [0.1, 0.15) is 23.0 Å². The molecule has 2 heterocycles. The second-order valence-corrected chi connectivity index (χ2v) is 17.4. The molecule has 74 heavy (non-hydrogen) atoms. The maximum absolute atomic E-state index is 17.0. The first kappa shape index (κ1) is 45.8. The Morgan fingerprint density at radius 1 is 0.257 bits per heavy atom. The lowest BCUT2D eigenvalue weighted by Gasteiger charge is -2.28. The first-order chi connectivity index (χ1) is 35.9. The Hall–Kier alpha value is -9.30. The van der Waals surface area contributed by atoms with Crippen LogP contribution in [0.2, 0.25) is 0 Å². The number of rotatable bonds is 9. The molecule has 12 rings (SSSR count). The molecule has 14 heteroatoms. The molecule has 0 fully saturated rings. The number of nitrogens with zero attached hydrogens (tertiary/aromatic N) is 4. The monoisotopic (exact) mass is 998 g/mol. The number of anilines is 6. The van der Waals surface area contributed by atoms with Crippen LogP contribution < -0.4 is 9.80 Å². The van der Waals surface area contributed by atoms with Crippen LogP contribution in [0.3, 0.4) is 0 Å². The molecule has 0 saturated carbocycles. The number of benzene rings is 10. The molecular weight excluding hydrogens is 967 g/mol. The van der Waals surface area contributed by atoms with Crippen molar-refractivity contribution in [1.29, 1.82) is 0 Å². The molecule has 0 saturated heterocycles. The SMILES string of the molecule is Fc1ccc(-n2c3ccccc3c3cc(N(c4ccccc4)c4c(F)c(F)c(-c5c(F)c(F)c(N(c6ccccc6)c6ccc7c(c6)c6ccccc6n7-c6ccc(F)cc6)c(F)c5F)c(F)c4F)ccc32)cc1. The summed E-state index contributed by atoms with van der Waals surface area (Å²) in [6.45, 7) is 0. The topological polar surface area (TPSA) is 16.3 Å². The molecule has 0 spiro atoms. The molecule has 10 aromatic carbocycles. The summed E-state index contributed by atoms with van der Waals surface area (Å²) < 4.78 is 167. The van der Waals surface area contributed by atoms with Gasteiger partial charge in [0.15, 0.2) is 46.5 Å². The van der Waals surface area contributed by atoms with Crippen LogP contribution >= 0.6 is 0 Å². The molecule has 2 aromatic heterocycles. The summed E-state index contributed by atoms with van der Waals surface area (Å²) in [4.78, 5) is 1.74. The molecule has 4 nitrogen and oxygen atoms in total. The van der Waals surface area contributed by atoms with Gasteiger partial charge in [0.2, 0.25) is 0 Å². The first-order valence-corrected chi connectivity index (χ1v) is 22.9. The van der Waals surface area contributed by atoms with E-state index in [0.29, 0.717) is 55.0 Å². The van der Waals surface area contributed by atoms with Crippen molar-refractivity contribution in [3.05, 3.63) is 252 Å². The number of para-hydroxylation sites is 4. The lowest BCUT2D eigenvalue weighted by atomic mass is 9.98. The maximum Gasteiger partial charge on any atom is 0.186 e. The fourth-order valence-electron chi connectivity index (χ4n) is 9.98. The van der Waals surface area contributed by atoms with E-state index in [1.54, 1.807) is 84.9 Å². The van der Waals surface area contributed by atoms with Crippen LogP contribution in [0.25, 0.3) is 66.1 Å². The quantitative estimate of drug-likeness (QED) is 0.106. The lowest BCUT2D eigenvalue weighted by molar-refractivity contribution is 0.444. The van der Waals surface area contributed by atoms with Crippen molar-refractivity contribution in [2.75, 3.05) is 9.80 Å². The van der Waals surface area contributed by atoms with Crippen LogP contribution in [0.5, 0.6) is 0 Å². The molecule has 0 unspecified atom stereocenters. The van der Waals surface area contributed by atoms with Crippen LogP contribution in [-0.4, -0.2) is 9.13 Å². The number of hydrogen-bond acceptors (Lipinski definition) is 2. The van der Waals surface area contributed by atoms with Gasteiger partial charge < -0.3 is 18.9 Å². The number of hydrogen-bond donors (Lipinski definition) is 0. The van der Waals surface area contributed by atoms with Crippen molar-refractivity contribution in [2.45, 2.75) is 0 Å². The van der Waals surface area contributed by atoms with Crippen LogP contribution in [0.15, 0.2) is 194 Å². The maximum atomic E-state index is 17.0. The molecule has 0 aliphatic heterocycles. The number of aromatic nitrogens is 2. The third kappa shape index (κ3) is 7.15. The highest BCUT2D eigenvalue weighted by Crippen LogP contribution is 2.49. The van der Waals surface area contributed by atoms with Crippen molar-refractivity contribution in [3.8, 4) is 22.5 Å². The van der Waals surface area contributed by atoms with E-state index in [1.165, 1.54) is 97.1 Å². The summed E-state index contributed by atoms with van der Waals surface area (Å²) >= 11 is 0. The van der Waals surface area contributed by atoms with Gasteiger partial charge in [0.25, 0.3) is 0 Å². The zero-order valence-corrected chi connectivity index (χ0v) is 38.0. The number of halogens is 10. The van der Waals surface area contributed by atoms with Crippen molar-refractivity contribution in [2.24, 2.45) is 0 Å². The fourth-order valence-corrected chi connectivity index (χ4v) is 9.98. The summed E-state index contributed by atoms with van der Waals surface area (Å²) in [7, 11) is 0. The molecular formula is C60H32F10N4. The predicted octanol–water partition coefficient (Wildman–Crippen LogP) is 17.9. The smallest absolute Gasteiger partial charge is 0.186 e. The Labute approximate surface area is 414 Å². The Bertz CT molecular complexity index is 3870. The van der Waals surface area contributed by atoms with Gasteiger partial charge in [0.05, 0.1) is 33.2 Å². The largest absolute Gasteiger partial charge is 0.309 e. The van der Waals surface area contributed by atoms with Gasteiger partial charge in [-0.15, -0.1) is 0 Å². The molecule has 0 N–H and O–H groups in total. The minimum Gasteiger partial charge on any atom is -0.309 e. The third-order valence-corrected chi connectivity index (χ3v) is 13.2. The van der Waals surface area contributed by atoms with Crippen molar-refractivity contribution < 1.29 is 43.9 Å². The van der Waals surface area contributed by atoms with Crippen LogP contribution in [-0.2, 0) is 0 Å². The lowest BCUT2D eigenvalue weighted by Crippen LogP contribution is -2.19. The molecule has 0 amide bonds. The Morgan fingerprint density at radius 3 is 0.919 bits per heavy atom. The van der Waals surface area contributed by atoms with Crippen LogP contribution in [0.4, 0.5) is 78.0 Å². The number of fused-ring (bicyclic) bond motifs is 6. The van der Waals surface area contributed by atoms with E-state index in [9.17, 15) is 8.78 Å². The van der Waals surface area contributed by atoms with Gasteiger partial charge in [-0.25, -0.2) is 43.9 Å². The predicted molar refractivity (Wildman–Crippen MR) is 270 cm³/mol. The summed E-state index contributed by atoms with van der Waals surface area (Å²) in [5.74, 6) is -18.9. The van der Waals surface area contributed by atoms with Crippen LogP contribution in [0.1, 0.15) is 0 Å². The normalized spacial score (nSPS) is 11.6. The Morgan fingerprint density at radius 2 is 0.568 bits per heavy atom. The van der Waals surface area contributed by atoms with Crippen LogP contribution in [0, 0.1) is 58.2 Å². The molecule has 0 aliphatic rings.